The molecule has 172 valence electrons. The van der Waals surface area contributed by atoms with Gasteiger partial charge < -0.3 is 0 Å². The van der Waals surface area contributed by atoms with Crippen LogP contribution in [0.5, 0.6) is 0 Å². The fourth-order valence-corrected chi connectivity index (χ4v) is 5.10. The number of benzene rings is 3. The number of rotatable bonds is 7. The highest BCUT2D eigenvalue weighted by Gasteiger charge is 2.28. The second kappa shape index (κ2) is 10.0. The van der Waals surface area contributed by atoms with Crippen molar-refractivity contribution in [2.75, 3.05) is 10.8 Å². The molecule has 34 heavy (non-hydrogen) atoms. The number of pyridine rings is 1. The van der Waals surface area contributed by atoms with E-state index in [-0.39, 0.29) is 10.0 Å². The summed E-state index contributed by atoms with van der Waals surface area (Å²) in [7, 11) is -3.99. The molecule has 0 spiro atoms. The maximum absolute atomic E-state index is 13.4. The van der Waals surface area contributed by atoms with Gasteiger partial charge in [0.2, 0.25) is 0 Å². The molecule has 3 aromatic carbocycles. The second-order valence-electron chi connectivity index (χ2n) is 7.47. The lowest BCUT2D eigenvalue weighted by Crippen LogP contribution is -2.40. The number of hydrazone groups is 1. The molecule has 0 bridgehead atoms. The number of hydrogen-bond acceptors (Lipinski definition) is 5. The molecule has 9 heteroatoms. The lowest BCUT2D eigenvalue weighted by molar-refractivity contribution is -0.119. The van der Waals surface area contributed by atoms with Crippen molar-refractivity contribution in [3.05, 3.63) is 101 Å². The topological polar surface area (TPSA) is 91.7 Å². The summed E-state index contributed by atoms with van der Waals surface area (Å²) in [6.07, 6.45) is 1.38. The molecular weight excluding hydrogens is 472 g/mol. The highest BCUT2D eigenvalue weighted by molar-refractivity contribution is 7.92. The van der Waals surface area contributed by atoms with Crippen LogP contribution in [0.3, 0.4) is 0 Å². The predicted octanol–water partition coefficient (Wildman–Crippen LogP) is 4.54. The molecule has 1 amide bonds. The first kappa shape index (κ1) is 23.4. The van der Waals surface area contributed by atoms with Crippen molar-refractivity contribution in [2.45, 2.75) is 11.8 Å². The van der Waals surface area contributed by atoms with E-state index in [2.05, 4.69) is 15.5 Å². The van der Waals surface area contributed by atoms with Crippen LogP contribution in [0.2, 0.25) is 5.15 Å². The summed E-state index contributed by atoms with van der Waals surface area (Å²) >= 11 is 6.23. The number of nitrogens with zero attached hydrogens (tertiary/aromatic N) is 3. The Morgan fingerprint density at radius 2 is 1.71 bits per heavy atom. The number of nitrogens with one attached hydrogen (secondary N) is 1. The van der Waals surface area contributed by atoms with Crippen LogP contribution in [0, 0.1) is 6.92 Å². The van der Waals surface area contributed by atoms with E-state index in [4.69, 9.17) is 11.6 Å². The number of fused-ring (bicyclic) bond motifs is 1. The summed E-state index contributed by atoms with van der Waals surface area (Å²) in [6, 6.07) is 24.2. The van der Waals surface area contributed by atoms with Crippen molar-refractivity contribution < 1.29 is 13.2 Å². The third kappa shape index (κ3) is 5.08. The Morgan fingerprint density at radius 3 is 2.47 bits per heavy atom. The van der Waals surface area contributed by atoms with Crippen molar-refractivity contribution in [1.82, 2.24) is 10.4 Å². The van der Waals surface area contributed by atoms with Gasteiger partial charge in [0.05, 0.1) is 22.3 Å². The van der Waals surface area contributed by atoms with E-state index in [1.807, 2.05) is 24.3 Å². The Bertz CT molecular complexity index is 1470. The molecule has 0 aliphatic rings. The molecule has 0 unspecified atom stereocenters. The molecule has 0 aliphatic carbocycles. The van der Waals surface area contributed by atoms with Crippen LogP contribution in [-0.2, 0) is 14.8 Å². The van der Waals surface area contributed by atoms with Gasteiger partial charge in [-0.2, -0.15) is 5.10 Å². The van der Waals surface area contributed by atoms with Gasteiger partial charge in [0.15, 0.2) is 0 Å². The van der Waals surface area contributed by atoms with Gasteiger partial charge in [-0.3, -0.25) is 9.10 Å². The predicted molar refractivity (Wildman–Crippen MR) is 135 cm³/mol. The van der Waals surface area contributed by atoms with E-state index >= 15 is 0 Å². The minimum Gasteiger partial charge on any atom is -0.271 e. The van der Waals surface area contributed by atoms with E-state index in [1.54, 1.807) is 55.5 Å². The Hall–Kier alpha value is -3.75. The van der Waals surface area contributed by atoms with Crippen LogP contribution in [0.15, 0.2) is 94.9 Å². The molecule has 7 nitrogen and oxygen atoms in total. The summed E-state index contributed by atoms with van der Waals surface area (Å²) in [5.41, 5.74) is 4.78. The molecule has 0 fully saturated rings. The fraction of sp³-hybridized carbons (Fsp3) is 0.0800. The first-order valence-electron chi connectivity index (χ1n) is 10.4. The molecule has 1 aromatic heterocycles. The number of sulfonamides is 1. The average molecular weight is 493 g/mol. The summed E-state index contributed by atoms with van der Waals surface area (Å²) in [5.74, 6) is -0.608. The summed E-state index contributed by atoms with van der Waals surface area (Å²) in [5, 5.41) is 5.08. The zero-order valence-corrected chi connectivity index (χ0v) is 19.8. The second-order valence-corrected chi connectivity index (χ2v) is 9.69. The van der Waals surface area contributed by atoms with Crippen LogP contribution in [0.25, 0.3) is 10.9 Å². The van der Waals surface area contributed by atoms with E-state index in [9.17, 15) is 13.2 Å². The molecule has 1 N–H and O–H groups in total. The minimum atomic E-state index is -3.99. The normalized spacial score (nSPS) is 11.6. The highest BCUT2D eigenvalue weighted by Crippen LogP contribution is 2.26. The van der Waals surface area contributed by atoms with Gasteiger partial charge in [-0.1, -0.05) is 66.2 Å². The number of carbonyl (C=O) groups excluding carboxylic acids is 1. The van der Waals surface area contributed by atoms with Crippen molar-refractivity contribution in [1.29, 1.82) is 0 Å². The first-order valence-corrected chi connectivity index (χ1v) is 12.2. The summed E-state index contributed by atoms with van der Waals surface area (Å²) in [4.78, 5) is 17.1. The van der Waals surface area contributed by atoms with Gasteiger partial charge in [-0.25, -0.2) is 18.8 Å². The van der Waals surface area contributed by atoms with Gasteiger partial charge in [-0.05, 0) is 42.8 Å². The van der Waals surface area contributed by atoms with E-state index in [0.29, 0.717) is 16.8 Å². The fourth-order valence-electron chi connectivity index (χ4n) is 3.40. The quantitative estimate of drug-likeness (QED) is 0.233. The molecule has 0 radical (unpaired) electrons. The van der Waals surface area contributed by atoms with Gasteiger partial charge in [0.25, 0.3) is 15.9 Å². The molecule has 4 rings (SSSR count). The SMILES string of the molecule is Cc1ccccc1N(CC(=O)N/N=C\c1cc2ccccc2nc1Cl)S(=O)(=O)c1ccccc1. The number of para-hydroxylation sites is 2. The van der Waals surface area contributed by atoms with Gasteiger partial charge in [-0.15, -0.1) is 0 Å². The monoisotopic (exact) mass is 492 g/mol. The molecule has 4 aromatic rings. The molecule has 1 heterocycles. The largest absolute Gasteiger partial charge is 0.271 e. The highest BCUT2D eigenvalue weighted by atomic mass is 35.5. The first-order chi connectivity index (χ1) is 16.4. The van der Waals surface area contributed by atoms with Crippen LogP contribution in [0.4, 0.5) is 5.69 Å². The Balaban J connectivity index is 1.57. The van der Waals surface area contributed by atoms with Crippen molar-refractivity contribution in [2.24, 2.45) is 5.10 Å². The number of amides is 1. The lowest BCUT2D eigenvalue weighted by Gasteiger charge is -2.25. The maximum Gasteiger partial charge on any atom is 0.264 e. The van der Waals surface area contributed by atoms with Gasteiger partial charge >= 0.3 is 0 Å². The smallest absolute Gasteiger partial charge is 0.264 e. The third-order valence-electron chi connectivity index (χ3n) is 5.10. The number of aromatic nitrogens is 1. The van der Waals surface area contributed by atoms with E-state index in [0.717, 1.165) is 15.2 Å². The van der Waals surface area contributed by atoms with Crippen LogP contribution in [-0.4, -0.2) is 32.1 Å². The van der Waals surface area contributed by atoms with Crippen LogP contribution < -0.4 is 9.73 Å². The zero-order chi connectivity index (χ0) is 24.1. The van der Waals surface area contributed by atoms with Crippen molar-refractivity contribution >= 4 is 50.3 Å². The standard InChI is InChI=1S/C25H21ClN4O3S/c1-18-9-5-8-14-23(18)30(34(32,33)21-11-3-2-4-12-21)17-24(31)29-27-16-20-15-19-10-6-7-13-22(19)28-25(20)26/h2-16H,17H2,1H3,(H,29,31)/b27-16-. The molecule has 0 saturated heterocycles. The number of hydrogen-bond donors (Lipinski definition) is 1. The van der Waals surface area contributed by atoms with Crippen molar-refractivity contribution in [3.63, 3.8) is 0 Å². The summed E-state index contributed by atoms with van der Waals surface area (Å²) in [6.45, 7) is 1.33. The Labute approximate surface area is 202 Å². The number of halogens is 1. The van der Waals surface area contributed by atoms with Gasteiger partial charge in [0.1, 0.15) is 11.7 Å². The molecular formula is C25H21ClN4O3S. The van der Waals surface area contributed by atoms with Gasteiger partial charge in [0, 0.05) is 10.9 Å². The average Bonchev–Trinajstić information content (AvgIpc) is 2.84. The molecule has 0 saturated carbocycles. The van der Waals surface area contributed by atoms with Crippen molar-refractivity contribution in [3.8, 4) is 0 Å². The van der Waals surface area contributed by atoms with E-state index in [1.165, 1.54) is 18.3 Å². The number of aryl methyl sites for hydroxylation is 1. The number of carbonyl (C=O) groups is 1. The lowest BCUT2D eigenvalue weighted by atomic mass is 10.2. The minimum absolute atomic E-state index is 0.0866. The van der Waals surface area contributed by atoms with Crippen LogP contribution in [0.1, 0.15) is 11.1 Å². The van der Waals surface area contributed by atoms with E-state index < -0.39 is 22.5 Å². The maximum atomic E-state index is 13.4. The zero-order valence-electron chi connectivity index (χ0n) is 18.2. The Kier molecular flexibility index (Phi) is 6.90. The summed E-state index contributed by atoms with van der Waals surface area (Å²) < 4.78 is 27.8. The number of anilines is 1. The molecule has 0 atom stereocenters. The third-order valence-corrected chi connectivity index (χ3v) is 7.18. The van der Waals surface area contributed by atoms with Crippen LogP contribution >= 0.6 is 11.6 Å². The Morgan fingerprint density at radius 1 is 1.03 bits per heavy atom. The molecule has 0 aliphatic heterocycles.